The number of hydrogen-bond acceptors (Lipinski definition) is 4. The lowest BCUT2D eigenvalue weighted by molar-refractivity contribution is -0.135. The average molecular weight is 524 g/mol. The van der Waals surface area contributed by atoms with E-state index >= 15 is 0 Å². The highest BCUT2D eigenvalue weighted by Crippen LogP contribution is 2.61. The van der Waals surface area contributed by atoms with Gasteiger partial charge in [0.2, 0.25) is 5.96 Å². The Hall–Kier alpha value is -2.67. The molecule has 2 aromatic rings. The quantitative estimate of drug-likeness (QED) is 0.520. The molecular weight excluding hydrogens is 494 g/mol. The van der Waals surface area contributed by atoms with E-state index in [4.69, 9.17) is 9.73 Å². The predicted molar refractivity (Wildman–Crippen MR) is 135 cm³/mol. The van der Waals surface area contributed by atoms with Crippen LogP contribution in [-0.4, -0.2) is 35.5 Å². The van der Waals surface area contributed by atoms with Crippen molar-refractivity contribution in [2.75, 3.05) is 7.05 Å². The number of likely N-dealkylation sites (N-methyl/N-ethyl adjacent to an activating group) is 1. The molecule has 2 aliphatic carbocycles. The van der Waals surface area contributed by atoms with Crippen LogP contribution in [0.5, 0.6) is 0 Å². The number of halogens is 1. The van der Waals surface area contributed by atoms with Gasteiger partial charge in [0.25, 0.3) is 5.91 Å². The van der Waals surface area contributed by atoms with Crippen LogP contribution >= 0.6 is 15.9 Å². The molecule has 0 saturated carbocycles. The summed E-state index contributed by atoms with van der Waals surface area (Å²) in [6.07, 6.45) is 3.66. The molecule has 2 spiro atoms. The maximum atomic E-state index is 14.1. The van der Waals surface area contributed by atoms with Crippen molar-refractivity contribution in [3.05, 3.63) is 69.2 Å². The normalized spacial score (nSPS) is 22.9. The van der Waals surface area contributed by atoms with Gasteiger partial charge in [-0.25, -0.2) is 9.79 Å². The number of alkyl carbamates (subject to hydrolysis) is 1. The Labute approximate surface area is 208 Å². The molecule has 34 heavy (non-hydrogen) atoms. The molecule has 0 radical (unpaired) electrons. The van der Waals surface area contributed by atoms with Gasteiger partial charge in [-0.1, -0.05) is 46.3 Å². The van der Waals surface area contributed by atoms with Crippen LogP contribution in [-0.2, 0) is 34.3 Å². The molecule has 178 valence electrons. The average Bonchev–Trinajstić information content (AvgIpc) is 3.07. The van der Waals surface area contributed by atoms with E-state index in [0.29, 0.717) is 0 Å². The van der Waals surface area contributed by atoms with E-state index in [-0.39, 0.29) is 17.3 Å². The highest BCUT2D eigenvalue weighted by atomic mass is 79.9. The third kappa shape index (κ3) is 3.56. The Morgan fingerprint density at radius 2 is 1.74 bits per heavy atom. The van der Waals surface area contributed by atoms with E-state index in [2.05, 4.69) is 51.6 Å². The molecule has 3 aliphatic rings. The minimum Gasteiger partial charge on any atom is -0.444 e. The zero-order valence-corrected chi connectivity index (χ0v) is 21.7. The predicted octanol–water partition coefficient (Wildman–Crippen LogP) is 5.12. The van der Waals surface area contributed by atoms with Crippen LogP contribution < -0.4 is 5.32 Å². The minimum atomic E-state index is -1.08. The number of nitrogens with one attached hydrogen (secondary N) is 1. The topological polar surface area (TPSA) is 71.0 Å². The zero-order chi connectivity index (χ0) is 24.3. The Morgan fingerprint density at radius 3 is 2.35 bits per heavy atom. The number of amides is 2. The highest BCUT2D eigenvalue weighted by molar-refractivity contribution is 9.10. The van der Waals surface area contributed by atoms with Crippen LogP contribution in [0.1, 0.15) is 55.9 Å². The number of benzene rings is 2. The van der Waals surface area contributed by atoms with Gasteiger partial charge in [0.05, 0.1) is 0 Å². The maximum Gasteiger partial charge on any atom is 0.414 e. The van der Waals surface area contributed by atoms with Gasteiger partial charge in [0, 0.05) is 16.9 Å². The summed E-state index contributed by atoms with van der Waals surface area (Å²) in [5.41, 5.74) is 2.68. The van der Waals surface area contributed by atoms with E-state index in [1.807, 2.05) is 32.9 Å². The number of carbonyl (C=O) groups excluding carboxylic acids is 2. The number of hydrogen-bond donors (Lipinski definition) is 1. The van der Waals surface area contributed by atoms with Gasteiger partial charge in [0.15, 0.2) is 5.54 Å². The summed E-state index contributed by atoms with van der Waals surface area (Å²) in [6.45, 7) is 5.42. The molecule has 1 heterocycles. The standard InChI is InChI=1S/C27H30BrN3O3/c1-25(2,3)34-24(33)29-23-30-27(22(32)31(23)4)21-15-20(28)10-9-19(21)16-26(27)13-11-17-7-5-6-8-18(17)12-14-26/h5-10,15H,11-14,16H2,1-4H3,(H,29,30,33). The molecule has 7 heteroatoms. The van der Waals surface area contributed by atoms with Gasteiger partial charge in [-0.2, -0.15) is 0 Å². The molecule has 5 rings (SSSR count). The number of nitrogens with zero attached hydrogens (tertiary/aromatic N) is 2. The van der Waals surface area contributed by atoms with Crippen molar-refractivity contribution in [3.8, 4) is 0 Å². The Kier molecular flexibility index (Phi) is 5.39. The summed E-state index contributed by atoms with van der Waals surface area (Å²) in [5.74, 6) is 0.148. The molecule has 0 fully saturated rings. The first kappa shape index (κ1) is 23.1. The van der Waals surface area contributed by atoms with Crippen molar-refractivity contribution < 1.29 is 14.3 Å². The fourth-order valence-corrected chi connectivity index (χ4v) is 6.28. The Morgan fingerprint density at radius 1 is 1.09 bits per heavy atom. The molecule has 0 saturated heterocycles. The van der Waals surface area contributed by atoms with Crippen LogP contribution in [0.3, 0.4) is 0 Å². The Balaban J connectivity index is 1.61. The van der Waals surface area contributed by atoms with E-state index in [0.717, 1.165) is 47.7 Å². The first-order valence-electron chi connectivity index (χ1n) is 11.8. The summed E-state index contributed by atoms with van der Waals surface area (Å²) in [4.78, 5) is 33.3. The van der Waals surface area contributed by atoms with E-state index in [9.17, 15) is 9.59 Å². The second-order valence-corrected chi connectivity index (χ2v) is 11.6. The van der Waals surface area contributed by atoms with E-state index in [1.54, 1.807) is 7.05 Å². The zero-order valence-electron chi connectivity index (χ0n) is 20.1. The maximum absolute atomic E-state index is 14.1. The minimum absolute atomic E-state index is 0.0960. The largest absolute Gasteiger partial charge is 0.444 e. The second kappa shape index (κ2) is 7.94. The first-order valence-corrected chi connectivity index (χ1v) is 12.6. The van der Waals surface area contributed by atoms with E-state index in [1.165, 1.54) is 16.0 Å². The highest BCUT2D eigenvalue weighted by Gasteiger charge is 2.66. The van der Waals surface area contributed by atoms with E-state index < -0.39 is 17.2 Å². The number of rotatable bonds is 0. The van der Waals surface area contributed by atoms with Gasteiger partial charge in [-0.05, 0) is 87.3 Å². The molecule has 1 aliphatic heterocycles. The van der Waals surface area contributed by atoms with Gasteiger partial charge in [-0.15, -0.1) is 0 Å². The fraction of sp³-hybridized carbons (Fsp3) is 0.444. The van der Waals surface area contributed by atoms with Crippen molar-refractivity contribution in [2.24, 2.45) is 10.4 Å². The van der Waals surface area contributed by atoms with Crippen LogP contribution in [0.4, 0.5) is 4.79 Å². The molecule has 0 bridgehead atoms. The van der Waals surface area contributed by atoms with Crippen LogP contribution in [0.15, 0.2) is 51.9 Å². The molecule has 2 aromatic carbocycles. The number of guanidine groups is 1. The molecule has 2 amide bonds. The van der Waals surface area contributed by atoms with Crippen molar-refractivity contribution in [3.63, 3.8) is 0 Å². The SMILES string of the molecule is CN1C(=O)C2(N=C1NC(=O)OC(C)(C)C)c1cc(Br)ccc1CC21CCc2ccccc2CC1. The van der Waals surface area contributed by atoms with Gasteiger partial charge in [-0.3, -0.25) is 15.0 Å². The van der Waals surface area contributed by atoms with Crippen molar-refractivity contribution >= 4 is 33.9 Å². The summed E-state index contributed by atoms with van der Waals surface area (Å²) < 4.78 is 6.36. The summed E-state index contributed by atoms with van der Waals surface area (Å²) in [7, 11) is 1.68. The number of carbonyl (C=O) groups is 2. The summed E-state index contributed by atoms with van der Waals surface area (Å²) in [5, 5.41) is 2.75. The molecule has 1 atom stereocenters. The lowest BCUT2D eigenvalue weighted by Gasteiger charge is -2.40. The third-order valence-electron chi connectivity index (χ3n) is 7.44. The lowest BCUT2D eigenvalue weighted by Crippen LogP contribution is -2.50. The third-order valence-corrected chi connectivity index (χ3v) is 7.93. The van der Waals surface area contributed by atoms with Crippen LogP contribution in [0, 0.1) is 5.41 Å². The summed E-state index contributed by atoms with van der Waals surface area (Å²) in [6, 6.07) is 14.7. The molecule has 0 aromatic heterocycles. The van der Waals surface area contributed by atoms with Crippen LogP contribution in [0.2, 0.25) is 0 Å². The monoisotopic (exact) mass is 523 g/mol. The molecule has 6 nitrogen and oxygen atoms in total. The lowest BCUT2D eigenvalue weighted by atomic mass is 9.65. The smallest absolute Gasteiger partial charge is 0.414 e. The van der Waals surface area contributed by atoms with Gasteiger partial charge < -0.3 is 4.74 Å². The second-order valence-electron chi connectivity index (χ2n) is 10.7. The number of aliphatic imine (C=N–C) groups is 1. The van der Waals surface area contributed by atoms with Crippen molar-refractivity contribution in [1.29, 1.82) is 0 Å². The van der Waals surface area contributed by atoms with Gasteiger partial charge >= 0.3 is 6.09 Å². The first-order chi connectivity index (χ1) is 16.0. The molecule has 1 unspecified atom stereocenters. The van der Waals surface area contributed by atoms with Gasteiger partial charge in [0.1, 0.15) is 5.60 Å². The van der Waals surface area contributed by atoms with Crippen LogP contribution in [0.25, 0.3) is 0 Å². The molecule has 1 N–H and O–H groups in total. The Bertz CT molecular complexity index is 1190. The van der Waals surface area contributed by atoms with Crippen molar-refractivity contribution in [2.45, 2.75) is 64.0 Å². The number of aryl methyl sites for hydroxylation is 2. The number of fused-ring (bicyclic) bond motifs is 4. The van der Waals surface area contributed by atoms with Crippen molar-refractivity contribution in [1.82, 2.24) is 10.2 Å². The molecular formula is C27H30BrN3O3. The fourth-order valence-electron chi connectivity index (χ4n) is 5.92. The summed E-state index contributed by atoms with van der Waals surface area (Å²) >= 11 is 3.61. The number of ether oxygens (including phenoxy) is 1.